The number of hydrogen-bond acceptors (Lipinski definition) is 6. The SMILES string of the molecule is Cc1ccc(S(=O)(=O)N2CCN(CC(=O)Nc3ccc(-n4cccn4)nc3)CC2)cc1. The molecule has 1 aliphatic heterocycles. The molecule has 1 N–H and O–H groups in total. The maximum absolute atomic E-state index is 12.8. The molecule has 0 atom stereocenters. The van der Waals surface area contributed by atoms with Crippen LogP contribution in [-0.2, 0) is 14.8 Å². The zero-order valence-corrected chi connectivity index (χ0v) is 18.0. The van der Waals surface area contributed by atoms with Crippen molar-refractivity contribution >= 4 is 21.6 Å². The summed E-state index contributed by atoms with van der Waals surface area (Å²) in [6, 6.07) is 12.2. The first-order chi connectivity index (χ1) is 14.9. The van der Waals surface area contributed by atoms with E-state index in [4.69, 9.17) is 0 Å². The number of nitrogens with zero attached hydrogens (tertiary/aromatic N) is 5. The Morgan fingerprint density at radius 2 is 1.81 bits per heavy atom. The van der Waals surface area contributed by atoms with Gasteiger partial charge in [0.1, 0.15) is 0 Å². The lowest BCUT2D eigenvalue weighted by atomic mass is 10.2. The number of carbonyl (C=O) groups excluding carboxylic acids is 1. The van der Waals surface area contributed by atoms with Gasteiger partial charge in [0.15, 0.2) is 5.82 Å². The fourth-order valence-electron chi connectivity index (χ4n) is 3.39. The van der Waals surface area contributed by atoms with Gasteiger partial charge in [0.2, 0.25) is 15.9 Å². The predicted octanol–water partition coefficient (Wildman–Crippen LogP) is 1.52. The molecule has 3 aromatic rings. The van der Waals surface area contributed by atoms with Crippen LogP contribution >= 0.6 is 0 Å². The zero-order valence-electron chi connectivity index (χ0n) is 17.2. The van der Waals surface area contributed by atoms with E-state index < -0.39 is 10.0 Å². The van der Waals surface area contributed by atoms with E-state index >= 15 is 0 Å². The van der Waals surface area contributed by atoms with E-state index in [-0.39, 0.29) is 12.5 Å². The third-order valence-corrected chi connectivity index (χ3v) is 7.04. The molecule has 2 aromatic heterocycles. The summed E-state index contributed by atoms with van der Waals surface area (Å²) in [4.78, 5) is 18.9. The minimum absolute atomic E-state index is 0.163. The first-order valence-corrected chi connectivity index (χ1v) is 11.4. The van der Waals surface area contributed by atoms with Crippen LogP contribution in [0.2, 0.25) is 0 Å². The molecule has 4 rings (SSSR count). The van der Waals surface area contributed by atoms with Crippen LogP contribution < -0.4 is 5.32 Å². The van der Waals surface area contributed by atoms with Crippen LogP contribution in [0.4, 0.5) is 5.69 Å². The Balaban J connectivity index is 1.28. The van der Waals surface area contributed by atoms with Gasteiger partial charge in [-0.05, 0) is 37.3 Å². The second-order valence-electron chi connectivity index (χ2n) is 7.40. The number of rotatable bonds is 6. The van der Waals surface area contributed by atoms with Crippen LogP contribution in [0.5, 0.6) is 0 Å². The van der Waals surface area contributed by atoms with Gasteiger partial charge in [-0.1, -0.05) is 17.7 Å². The molecule has 1 saturated heterocycles. The van der Waals surface area contributed by atoms with Crippen LogP contribution in [0.3, 0.4) is 0 Å². The molecule has 0 unspecified atom stereocenters. The number of aromatic nitrogens is 3. The Morgan fingerprint density at radius 3 is 2.42 bits per heavy atom. The van der Waals surface area contributed by atoms with Crippen LogP contribution in [0, 0.1) is 6.92 Å². The van der Waals surface area contributed by atoms with Crippen molar-refractivity contribution in [3.63, 3.8) is 0 Å². The van der Waals surface area contributed by atoms with Gasteiger partial charge in [-0.15, -0.1) is 0 Å². The minimum atomic E-state index is -3.51. The average molecular weight is 441 g/mol. The number of benzene rings is 1. The predicted molar refractivity (Wildman–Crippen MR) is 116 cm³/mol. The van der Waals surface area contributed by atoms with E-state index in [1.54, 1.807) is 59.7 Å². The van der Waals surface area contributed by atoms with Gasteiger partial charge in [-0.25, -0.2) is 18.1 Å². The van der Waals surface area contributed by atoms with Crippen LogP contribution in [0.15, 0.2) is 66.0 Å². The molecule has 1 fully saturated rings. The lowest BCUT2D eigenvalue weighted by Gasteiger charge is -2.33. The maximum Gasteiger partial charge on any atom is 0.243 e. The first-order valence-electron chi connectivity index (χ1n) is 9.97. The molecule has 3 heterocycles. The van der Waals surface area contributed by atoms with Gasteiger partial charge in [-0.2, -0.15) is 9.40 Å². The van der Waals surface area contributed by atoms with Gasteiger partial charge >= 0.3 is 0 Å². The number of anilines is 1. The molecule has 0 spiro atoms. The Labute approximate surface area is 181 Å². The highest BCUT2D eigenvalue weighted by Crippen LogP contribution is 2.18. The summed E-state index contributed by atoms with van der Waals surface area (Å²) in [7, 11) is -3.51. The topological polar surface area (TPSA) is 100 Å². The van der Waals surface area contributed by atoms with Crippen molar-refractivity contribution in [1.82, 2.24) is 24.0 Å². The number of sulfonamides is 1. The number of piperazine rings is 1. The largest absolute Gasteiger partial charge is 0.324 e. The summed E-state index contributed by atoms with van der Waals surface area (Å²) in [5.74, 6) is 0.498. The summed E-state index contributed by atoms with van der Waals surface area (Å²) in [6.07, 6.45) is 5.05. The van der Waals surface area contributed by atoms with Crippen molar-refractivity contribution in [3.05, 3.63) is 66.6 Å². The van der Waals surface area contributed by atoms with Crippen LogP contribution in [0.1, 0.15) is 5.56 Å². The Morgan fingerprint density at radius 1 is 1.06 bits per heavy atom. The number of hydrogen-bond donors (Lipinski definition) is 1. The van der Waals surface area contributed by atoms with Crippen molar-refractivity contribution in [2.45, 2.75) is 11.8 Å². The average Bonchev–Trinajstić information content (AvgIpc) is 3.30. The fraction of sp³-hybridized carbons (Fsp3) is 0.286. The summed E-state index contributed by atoms with van der Waals surface area (Å²) in [5.41, 5.74) is 1.61. The molecule has 1 aromatic carbocycles. The molecule has 9 nitrogen and oxygen atoms in total. The zero-order chi connectivity index (χ0) is 21.8. The molecular weight excluding hydrogens is 416 g/mol. The number of pyridine rings is 1. The summed E-state index contributed by atoms with van der Waals surface area (Å²) in [5, 5.41) is 6.94. The Kier molecular flexibility index (Phi) is 6.12. The second kappa shape index (κ2) is 8.96. The molecule has 1 aliphatic rings. The Bertz CT molecular complexity index is 1120. The van der Waals surface area contributed by atoms with Gasteiger partial charge in [0.25, 0.3) is 0 Å². The highest BCUT2D eigenvalue weighted by atomic mass is 32.2. The molecule has 31 heavy (non-hydrogen) atoms. The molecule has 0 aliphatic carbocycles. The second-order valence-corrected chi connectivity index (χ2v) is 9.34. The molecule has 0 bridgehead atoms. The lowest BCUT2D eigenvalue weighted by Crippen LogP contribution is -2.50. The highest BCUT2D eigenvalue weighted by Gasteiger charge is 2.29. The molecule has 162 valence electrons. The third kappa shape index (κ3) is 4.98. The maximum atomic E-state index is 12.8. The molecule has 0 saturated carbocycles. The van der Waals surface area contributed by atoms with Crippen LogP contribution in [-0.4, -0.2) is 71.0 Å². The van der Waals surface area contributed by atoms with E-state index in [0.29, 0.717) is 42.6 Å². The van der Waals surface area contributed by atoms with Gasteiger partial charge in [0.05, 0.1) is 23.3 Å². The van der Waals surface area contributed by atoms with Gasteiger partial charge < -0.3 is 5.32 Å². The van der Waals surface area contributed by atoms with E-state index in [1.807, 2.05) is 17.9 Å². The molecule has 10 heteroatoms. The number of amides is 1. The third-order valence-electron chi connectivity index (χ3n) is 5.13. The minimum Gasteiger partial charge on any atom is -0.324 e. The van der Waals surface area contributed by atoms with Crippen molar-refractivity contribution in [2.75, 3.05) is 38.0 Å². The fourth-order valence-corrected chi connectivity index (χ4v) is 4.81. The van der Waals surface area contributed by atoms with E-state index in [1.165, 1.54) is 4.31 Å². The standard InChI is InChI=1S/C21H24N6O3S/c1-17-3-6-19(7-4-17)31(29,30)26-13-11-25(12-14-26)16-21(28)24-18-5-8-20(22-15-18)27-10-2-9-23-27/h2-10,15H,11-14,16H2,1H3,(H,24,28). The number of nitrogens with one attached hydrogen (secondary N) is 1. The van der Waals surface area contributed by atoms with Gasteiger partial charge in [0, 0.05) is 38.6 Å². The number of carbonyl (C=O) groups is 1. The van der Waals surface area contributed by atoms with Crippen molar-refractivity contribution < 1.29 is 13.2 Å². The summed E-state index contributed by atoms with van der Waals surface area (Å²) >= 11 is 0. The van der Waals surface area contributed by atoms with E-state index in [2.05, 4.69) is 15.4 Å². The Hall–Kier alpha value is -3.08. The monoisotopic (exact) mass is 440 g/mol. The summed E-state index contributed by atoms with van der Waals surface area (Å²) in [6.45, 7) is 3.81. The number of aryl methyl sites for hydroxylation is 1. The molecule has 1 amide bonds. The first kappa shape index (κ1) is 21.2. The lowest BCUT2D eigenvalue weighted by molar-refractivity contribution is -0.117. The smallest absolute Gasteiger partial charge is 0.243 e. The normalized spacial score (nSPS) is 15.6. The quantitative estimate of drug-likeness (QED) is 0.624. The molecule has 0 radical (unpaired) electrons. The van der Waals surface area contributed by atoms with Gasteiger partial charge in [-0.3, -0.25) is 9.69 Å². The van der Waals surface area contributed by atoms with Crippen molar-refractivity contribution in [3.8, 4) is 5.82 Å². The van der Waals surface area contributed by atoms with Crippen LogP contribution in [0.25, 0.3) is 5.82 Å². The molecular formula is C21H24N6O3S. The highest BCUT2D eigenvalue weighted by molar-refractivity contribution is 7.89. The van der Waals surface area contributed by atoms with Crippen molar-refractivity contribution in [1.29, 1.82) is 0 Å². The van der Waals surface area contributed by atoms with Crippen molar-refractivity contribution in [2.24, 2.45) is 0 Å². The van der Waals surface area contributed by atoms with E-state index in [9.17, 15) is 13.2 Å². The van der Waals surface area contributed by atoms with E-state index in [0.717, 1.165) is 5.56 Å². The summed E-state index contributed by atoms with van der Waals surface area (Å²) < 4.78 is 28.7.